The van der Waals surface area contributed by atoms with Crippen molar-refractivity contribution in [3.05, 3.63) is 66.7 Å². The summed E-state index contributed by atoms with van der Waals surface area (Å²) in [6.45, 7) is 2.91. The van der Waals surface area contributed by atoms with Crippen molar-refractivity contribution in [2.75, 3.05) is 6.61 Å². The van der Waals surface area contributed by atoms with Crippen LogP contribution in [0.4, 0.5) is 0 Å². The van der Waals surface area contributed by atoms with Crippen molar-refractivity contribution >= 4 is 0 Å². The summed E-state index contributed by atoms with van der Waals surface area (Å²) in [4.78, 5) is 8.02. The van der Waals surface area contributed by atoms with E-state index in [1.807, 2.05) is 30.3 Å². The second kappa shape index (κ2) is 8.07. The Balaban J connectivity index is 1.72. The highest BCUT2D eigenvalue weighted by atomic mass is 16.5. The van der Waals surface area contributed by atoms with E-state index in [9.17, 15) is 0 Å². The summed E-state index contributed by atoms with van der Waals surface area (Å²) in [5.41, 5.74) is 4.20. The highest BCUT2D eigenvalue weighted by molar-refractivity contribution is 5.70. The van der Waals surface area contributed by atoms with Crippen LogP contribution in [0.5, 0.6) is 5.75 Å². The first-order chi connectivity index (χ1) is 12.3. The molecule has 0 bridgehead atoms. The van der Waals surface area contributed by atoms with Crippen molar-refractivity contribution in [1.82, 2.24) is 9.97 Å². The van der Waals surface area contributed by atoms with E-state index in [0.717, 1.165) is 47.5 Å². The first kappa shape index (κ1) is 16.7. The lowest BCUT2D eigenvalue weighted by molar-refractivity contribution is 0.309. The molecule has 0 spiro atoms. The molecule has 4 heteroatoms. The quantitative estimate of drug-likeness (QED) is 0.606. The van der Waals surface area contributed by atoms with Crippen molar-refractivity contribution < 1.29 is 4.74 Å². The molecule has 0 N–H and O–H groups in total. The molecule has 25 heavy (non-hydrogen) atoms. The van der Waals surface area contributed by atoms with E-state index < -0.39 is 0 Å². The van der Waals surface area contributed by atoms with E-state index in [1.165, 1.54) is 0 Å². The molecule has 4 nitrogen and oxygen atoms in total. The third kappa shape index (κ3) is 4.21. The van der Waals surface area contributed by atoms with E-state index >= 15 is 0 Å². The normalized spacial score (nSPS) is 10.2. The second-order valence-electron chi connectivity index (χ2n) is 5.71. The molecular weight excluding hydrogens is 310 g/mol. The van der Waals surface area contributed by atoms with Crippen LogP contribution < -0.4 is 4.74 Å². The molecule has 0 unspecified atom stereocenters. The zero-order valence-corrected chi connectivity index (χ0v) is 14.1. The van der Waals surface area contributed by atoms with Crippen LogP contribution in [-0.2, 0) is 0 Å². The first-order valence-corrected chi connectivity index (χ1v) is 8.36. The fourth-order valence-electron chi connectivity index (χ4n) is 2.47. The molecule has 0 aliphatic carbocycles. The van der Waals surface area contributed by atoms with Gasteiger partial charge in [-0.3, -0.25) is 0 Å². The molecule has 0 saturated carbocycles. The number of benzene rings is 2. The minimum atomic E-state index is 0.182. The van der Waals surface area contributed by atoms with Gasteiger partial charge in [-0.2, -0.15) is 5.26 Å². The van der Waals surface area contributed by atoms with Crippen LogP contribution in [0.2, 0.25) is 0 Å². The molecule has 0 radical (unpaired) electrons. The van der Waals surface area contributed by atoms with Gasteiger partial charge < -0.3 is 4.74 Å². The van der Waals surface area contributed by atoms with Crippen LogP contribution in [0.15, 0.2) is 60.9 Å². The third-order valence-electron chi connectivity index (χ3n) is 3.92. The SMILES string of the molecule is CCCCOc1ccc(-c2ccc(-c3cnc(C#N)nc3)cc2)cc1. The molecule has 0 saturated heterocycles. The van der Waals surface area contributed by atoms with Gasteiger partial charge in [0, 0.05) is 18.0 Å². The van der Waals surface area contributed by atoms with Gasteiger partial charge in [-0.1, -0.05) is 49.7 Å². The summed E-state index contributed by atoms with van der Waals surface area (Å²) in [5.74, 6) is 1.09. The van der Waals surface area contributed by atoms with Gasteiger partial charge in [0.25, 0.3) is 0 Å². The summed E-state index contributed by atoms with van der Waals surface area (Å²) < 4.78 is 5.70. The van der Waals surface area contributed by atoms with Crippen LogP contribution in [-0.4, -0.2) is 16.6 Å². The van der Waals surface area contributed by atoms with Gasteiger partial charge in [-0.05, 0) is 35.2 Å². The Hall–Kier alpha value is -3.19. The largest absolute Gasteiger partial charge is 0.494 e. The molecule has 3 rings (SSSR count). The van der Waals surface area contributed by atoms with E-state index in [-0.39, 0.29) is 5.82 Å². The number of nitrogens with zero attached hydrogens (tertiary/aromatic N) is 3. The maximum Gasteiger partial charge on any atom is 0.232 e. The first-order valence-electron chi connectivity index (χ1n) is 8.36. The van der Waals surface area contributed by atoms with E-state index in [4.69, 9.17) is 10.00 Å². The minimum Gasteiger partial charge on any atom is -0.494 e. The highest BCUT2D eigenvalue weighted by Gasteiger charge is 2.03. The van der Waals surface area contributed by atoms with Crippen molar-refractivity contribution in [2.45, 2.75) is 19.8 Å². The highest BCUT2D eigenvalue weighted by Crippen LogP contribution is 2.26. The molecule has 0 aliphatic heterocycles. The summed E-state index contributed by atoms with van der Waals surface area (Å²) in [6, 6.07) is 18.3. The number of aromatic nitrogens is 2. The summed E-state index contributed by atoms with van der Waals surface area (Å²) in [7, 11) is 0. The zero-order valence-electron chi connectivity index (χ0n) is 14.1. The lowest BCUT2D eigenvalue weighted by atomic mass is 10.0. The van der Waals surface area contributed by atoms with Crippen LogP contribution in [0.25, 0.3) is 22.3 Å². The number of unbranched alkanes of at least 4 members (excludes halogenated alkanes) is 1. The monoisotopic (exact) mass is 329 g/mol. The molecule has 2 aromatic carbocycles. The third-order valence-corrected chi connectivity index (χ3v) is 3.92. The van der Waals surface area contributed by atoms with Crippen LogP contribution in [0.1, 0.15) is 25.6 Å². The number of hydrogen-bond acceptors (Lipinski definition) is 4. The summed E-state index contributed by atoms with van der Waals surface area (Å²) in [6.07, 6.45) is 5.54. The minimum absolute atomic E-state index is 0.182. The smallest absolute Gasteiger partial charge is 0.232 e. The Labute approximate surface area is 147 Å². The van der Waals surface area contributed by atoms with Gasteiger partial charge in [-0.15, -0.1) is 0 Å². The van der Waals surface area contributed by atoms with Gasteiger partial charge in [0.1, 0.15) is 11.8 Å². The number of hydrogen-bond donors (Lipinski definition) is 0. The molecule has 0 atom stereocenters. The predicted octanol–water partition coefficient (Wildman–Crippen LogP) is 4.86. The lowest BCUT2D eigenvalue weighted by Crippen LogP contribution is -1.95. The number of ether oxygens (including phenoxy) is 1. The van der Waals surface area contributed by atoms with Crippen LogP contribution in [0, 0.1) is 11.3 Å². The summed E-state index contributed by atoms with van der Waals surface area (Å²) >= 11 is 0. The molecule has 124 valence electrons. The topological polar surface area (TPSA) is 58.8 Å². The van der Waals surface area contributed by atoms with Gasteiger partial charge in [0.05, 0.1) is 6.61 Å². The molecule has 0 amide bonds. The molecular formula is C21H19N3O. The maximum atomic E-state index is 8.76. The standard InChI is InChI=1S/C21H19N3O/c1-2-3-12-25-20-10-8-17(9-11-20)16-4-6-18(7-5-16)19-14-23-21(13-22)24-15-19/h4-11,14-15H,2-3,12H2,1H3. The van der Waals surface area contributed by atoms with Crippen LogP contribution >= 0.6 is 0 Å². The van der Waals surface area contributed by atoms with Gasteiger partial charge in [0.2, 0.25) is 5.82 Å². The molecule has 1 aromatic heterocycles. The fourth-order valence-corrected chi connectivity index (χ4v) is 2.47. The lowest BCUT2D eigenvalue weighted by Gasteiger charge is -2.07. The Morgan fingerprint density at radius 1 is 0.840 bits per heavy atom. The average Bonchev–Trinajstić information content (AvgIpc) is 2.69. The van der Waals surface area contributed by atoms with E-state index in [2.05, 4.69) is 41.2 Å². The zero-order chi connectivity index (χ0) is 17.5. The average molecular weight is 329 g/mol. The van der Waals surface area contributed by atoms with Gasteiger partial charge in [0.15, 0.2) is 0 Å². The fraction of sp³-hybridized carbons (Fsp3) is 0.190. The number of rotatable bonds is 6. The maximum absolute atomic E-state index is 8.76. The van der Waals surface area contributed by atoms with Gasteiger partial charge >= 0.3 is 0 Å². The Bertz CT molecular complexity index is 848. The second-order valence-corrected chi connectivity index (χ2v) is 5.71. The molecule has 3 aromatic rings. The molecule has 1 heterocycles. The molecule has 0 fully saturated rings. The van der Waals surface area contributed by atoms with E-state index in [0.29, 0.717) is 0 Å². The predicted molar refractivity (Wildman–Crippen MR) is 98.0 cm³/mol. The number of nitriles is 1. The van der Waals surface area contributed by atoms with Crippen molar-refractivity contribution in [3.8, 4) is 34.1 Å². The van der Waals surface area contributed by atoms with E-state index in [1.54, 1.807) is 12.4 Å². The Morgan fingerprint density at radius 3 is 1.88 bits per heavy atom. The van der Waals surface area contributed by atoms with Crippen LogP contribution in [0.3, 0.4) is 0 Å². The molecule has 0 aliphatic rings. The van der Waals surface area contributed by atoms with Gasteiger partial charge in [-0.25, -0.2) is 9.97 Å². The Kier molecular flexibility index (Phi) is 5.38. The van der Waals surface area contributed by atoms with Crippen molar-refractivity contribution in [1.29, 1.82) is 5.26 Å². The Morgan fingerprint density at radius 2 is 1.36 bits per heavy atom. The van der Waals surface area contributed by atoms with Crippen molar-refractivity contribution in [2.24, 2.45) is 0 Å². The summed E-state index contributed by atoms with van der Waals surface area (Å²) in [5, 5.41) is 8.76. The van der Waals surface area contributed by atoms with Crippen molar-refractivity contribution in [3.63, 3.8) is 0 Å².